The van der Waals surface area contributed by atoms with Crippen molar-refractivity contribution in [2.45, 2.75) is 26.4 Å². The number of fused-ring (bicyclic) bond motifs is 1. The Bertz CT molecular complexity index is 527. The van der Waals surface area contributed by atoms with E-state index in [0.29, 0.717) is 19.1 Å². The standard InChI is InChI=1S/C15H24N4O2/c1-11(2)17-14(20)15-9-19(7-13(15)8-21-10-15)6-12-4-16-18(3)5-12/h4-5,11,13H,6-10H2,1-3H3,(H,17,20)/t13-,15-/m0/s1. The summed E-state index contributed by atoms with van der Waals surface area (Å²) in [6.07, 6.45) is 3.93. The highest BCUT2D eigenvalue weighted by molar-refractivity contribution is 5.84. The molecular formula is C15H24N4O2. The van der Waals surface area contributed by atoms with Crippen LogP contribution in [0.1, 0.15) is 19.4 Å². The number of hydrogen-bond donors (Lipinski definition) is 1. The zero-order chi connectivity index (χ0) is 15.0. The highest BCUT2D eigenvalue weighted by Crippen LogP contribution is 2.42. The number of ether oxygens (including phenoxy) is 1. The smallest absolute Gasteiger partial charge is 0.230 e. The number of nitrogens with zero attached hydrogens (tertiary/aromatic N) is 3. The van der Waals surface area contributed by atoms with Gasteiger partial charge in [-0.2, -0.15) is 5.10 Å². The highest BCUT2D eigenvalue weighted by atomic mass is 16.5. The first-order valence-corrected chi connectivity index (χ1v) is 7.58. The van der Waals surface area contributed by atoms with Gasteiger partial charge in [0.05, 0.1) is 24.8 Å². The Hall–Kier alpha value is -1.40. The van der Waals surface area contributed by atoms with Gasteiger partial charge in [0.25, 0.3) is 0 Å². The van der Waals surface area contributed by atoms with Crippen molar-refractivity contribution in [3.63, 3.8) is 0 Å². The van der Waals surface area contributed by atoms with Crippen LogP contribution in [-0.4, -0.2) is 52.9 Å². The second-order valence-corrected chi connectivity index (χ2v) is 6.69. The molecular weight excluding hydrogens is 268 g/mol. The number of likely N-dealkylation sites (tertiary alicyclic amines) is 1. The van der Waals surface area contributed by atoms with Crippen LogP contribution < -0.4 is 5.32 Å². The molecule has 6 nitrogen and oxygen atoms in total. The average Bonchev–Trinajstić information content (AvgIpc) is 3.03. The minimum absolute atomic E-state index is 0.147. The summed E-state index contributed by atoms with van der Waals surface area (Å²) in [4.78, 5) is 15.0. The first-order valence-electron chi connectivity index (χ1n) is 7.58. The van der Waals surface area contributed by atoms with Crippen LogP contribution in [0, 0.1) is 11.3 Å². The summed E-state index contributed by atoms with van der Waals surface area (Å²) in [6, 6.07) is 0.167. The van der Waals surface area contributed by atoms with Crippen molar-refractivity contribution in [2.24, 2.45) is 18.4 Å². The van der Waals surface area contributed by atoms with Crippen molar-refractivity contribution < 1.29 is 9.53 Å². The minimum atomic E-state index is -0.369. The Morgan fingerprint density at radius 3 is 3.10 bits per heavy atom. The van der Waals surface area contributed by atoms with Crippen molar-refractivity contribution in [3.05, 3.63) is 18.0 Å². The largest absolute Gasteiger partial charge is 0.380 e. The normalized spacial score (nSPS) is 29.0. The van der Waals surface area contributed by atoms with Gasteiger partial charge in [0.15, 0.2) is 0 Å². The number of carbonyl (C=O) groups is 1. The number of amides is 1. The molecule has 0 bridgehead atoms. The Morgan fingerprint density at radius 1 is 1.62 bits per heavy atom. The lowest BCUT2D eigenvalue weighted by atomic mass is 9.80. The first kappa shape index (κ1) is 14.5. The number of nitrogens with one attached hydrogen (secondary N) is 1. The molecule has 0 spiro atoms. The van der Waals surface area contributed by atoms with E-state index in [2.05, 4.69) is 15.3 Å². The molecule has 0 saturated carbocycles. The van der Waals surface area contributed by atoms with Gasteiger partial charge < -0.3 is 10.1 Å². The van der Waals surface area contributed by atoms with Crippen molar-refractivity contribution in [3.8, 4) is 0 Å². The minimum Gasteiger partial charge on any atom is -0.380 e. The molecule has 2 aliphatic rings. The van der Waals surface area contributed by atoms with Crippen LogP contribution in [0.5, 0.6) is 0 Å². The molecule has 1 N–H and O–H groups in total. The van der Waals surface area contributed by atoms with Gasteiger partial charge in [-0.1, -0.05) is 0 Å². The van der Waals surface area contributed by atoms with E-state index in [1.165, 1.54) is 5.56 Å². The Morgan fingerprint density at radius 2 is 2.43 bits per heavy atom. The van der Waals surface area contributed by atoms with E-state index in [1.807, 2.05) is 38.0 Å². The van der Waals surface area contributed by atoms with Crippen molar-refractivity contribution >= 4 is 5.91 Å². The van der Waals surface area contributed by atoms with E-state index in [-0.39, 0.29) is 17.4 Å². The monoisotopic (exact) mass is 292 g/mol. The summed E-state index contributed by atoms with van der Waals surface area (Å²) in [5, 5.41) is 7.28. The van der Waals surface area contributed by atoms with Crippen LogP contribution in [0.15, 0.2) is 12.4 Å². The second kappa shape index (κ2) is 5.42. The summed E-state index contributed by atoms with van der Waals surface area (Å²) >= 11 is 0. The van der Waals surface area contributed by atoms with E-state index in [0.717, 1.165) is 19.6 Å². The maximum atomic E-state index is 12.6. The third kappa shape index (κ3) is 2.70. The third-order valence-electron chi connectivity index (χ3n) is 4.48. The zero-order valence-electron chi connectivity index (χ0n) is 13.0. The molecule has 21 heavy (non-hydrogen) atoms. The molecule has 0 aliphatic carbocycles. The molecule has 3 heterocycles. The third-order valence-corrected chi connectivity index (χ3v) is 4.48. The molecule has 6 heteroatoms. The number of hydrogen-bond acceptors (Lipinski definition) is 4. The molecule has 1 amide bonds. The van der Waals surface area contributed by atoms with Gasteiger partial charge in [0.2, 0.25) is 5.91 Å². The topological polar surface area (TPSA) is 59.4 Å². The van der Waals surface area contributed by atoms with Gasteiger partial charge in [-0.25, -0.2) is 0 Å². The summed E-state index contributed by atoms with van der Waals surface area (Å²) in [6.45, 7) is 7.77. The van der Waals surface area contributed by atoms with Gasteiger partial charge in [-0.3, -0.25) is 14.4 Å². The molecule has 3 rings (SSSR count). The lowest BCUT2D eigenvalue weighted by molar-refractivity contribution is -0.132. The predicted molar refractivity (Wildman–Crippen MR) is 78.5 cm³/mol. The van der Waals surface area contributed by atoms with Crippen molar-refractivity contribution in [1.82, 2.24) is 20.0 Å². The molecule has 2 saturated heterocycles. The van der Waals surface area contributed by atoms with Gasteiger partial charge in [-0.05, 0) is 13.8 Å². The number of rotatable bonds is 4. The average molecular weight is 292 g/mol. The highest BCUT2D eigenvalue weighted by Gasteiger charge is 2.55. The zero-order valence-corrected chi connectivity index (χ0v) is 13.0. The van der Waals surface area contributed by atoms with Crippen LogP contribution in [0.2, 0.25) is 0 Å². The Labute approximate surface area is 125 Å². The molecule has 0 unspecified atom stereocenters. The molecule has 116 valence electrons. The molecule has 2 atom stereocenters. The summed E-state index contributed by atoms with van der Waals surface area (Å²) in [7, 11) is 1.92. The fourth-order valence-electron chi connectivity index (χ4n) is 3.50. The van der Waals surface area contributed by atoms with Crippen LogP contribution >= 0.6 is 0 Å². The van der Waals surface area contributed by atoms with Crippen molar-refractivity contribution in [1.29, 1.82) is 0 Å². The quantitative estimate of drug-likeness (QED) is 0.872. The van der Waals surface area contributed by atoms with Crippen LogP contribution in [0.4, 0.5) is 0 Å². The number of aromatic nitrogens is 2. The van der Waals surface area contributed by atoms with Crippen LogP contribution in [-0.2, 0) is 23.1 Å². The van der Waals surface area contributed by atoms with E-state index in [4.69, 9.17) is 4.74 Å². The molecule has 0 aromatic carbocycles. The Kier molecular flexibility index (Phi) is 3.75. The summed E-state index contributed by atoms with van der Waals surface area (Å²) in [5.41, 5.74) is 0.824. The van der Waals surface area contributed by atoms with E-state index in [9.17, 15) is 4.79 Å². The van der Waals surface area contributed by atoms with E-state index >= 15 is 0 Å². The maximum absolute atomic E-state index is 12.6. The lowest BCUT2D eigenvalue weighted by Gasteiger charge is -2.27. The fourth-order valence-corrected chi connectivity index (χ4v) is 3.50. The fraction of sp³-hybridized carbons (Fsp3) is 0.733. The molecule has 0 radical (unpaired) electrons. The number of aryl methyl sites for hydroxylation is 1. The van der Waals surface area contributed by atoms with Crippen molar-refractivity contribution in [2.75, 3.05) is 26.3 Å². The molecule has 1 aromatic rings. The predicted octanol–water partition coefficient (Wildman–Crippen LogP) is 0.393. The van der Waals surface area contributed by atoms with E-state index < -0.39 is 0 Å². The molecule has 2 aliphatic heterocycles. The van der Waals surface area contributed by atoms with Gasteiger partial charge in [-0.15, -0.1) is 0 Å². The Balaban J connectivity index is 1.71. The van der Waals surface area contributed by atoms with E-state index in [1.54, 1.807) is 0 Å². The summed E-state index contributed by atoms with van der Waals surface area (Å²) in [5.74, 6) is 0.446. The van der Waals surface area contributed by atoms with Gasteiger partial charge >= 0.3 is 0 Å². The van der Waals surface area contributed by atoms with Crippen LogP contribution in [0.25, 0.3) is 0 Å². The second-order valence-electron chi connectivity index (χ2n) is 6.69. The van der Waals surface area contributed by atoms with Gasteiger partial charge in [0, 0.05) is 50.4 Å². The van der Waals surface area contributed by atoms with Crippen LogP contribution in [0.3, 0.4) is 0 Å². The first-order chi connectivity index (χ1) is 9.99. The SMILES string of the molecule is CC(C)NC(=O)[C@@]12COC[C@@H]1CN(Cc1cnn(C)c1)C2. The molecule has 2 fully saturated rings. The molecule has 1 aromatic heterocycles. The lowest BCUT2D eigenvalue weighted by Crippen LogP contribution is -2.48. The number of carbonyl (C=O) groups excluding carboxylic acids is 1. The van der Waals surface area contributed by atoms with Gasteiger partial charge in [0.1, 0.15) is 0 Å². The summed E-state index contributed by atoms with van der Waals surface area (Å²) < 4.78 is 7.43. The maximum Gasteiger partial charge on any atom is 0.230 e.